The Balaban J connectivity index is 1.55. The van der Waals surface area contributed by atoms with E-state index in [0.29, 0.717) is 6.54 Å². The SMILES string of the molecule is CC1C=CC(C)C(=O)C(CCCCNC(=O)BOC2CCCCCCC2)N1. The van der Waals surface area contributed by atoms with Crippen LogP contribution in [0, 0.1) is 5.92 Å². The molecule has 1 heterocycles. The van der Waals surface area contributed by atoms with E-state index in [2.05, 4.69) is 23.6 Å². The van der Waals surface area contributed by atoms with E-state index in [1.807, 2.05) is 13.0 Å². The average molecular weight is 376 g/mol. The van der Waals surface area contributed by atoms with Gasteiger partial charge in [-0.15, -0.1) is 0 Å². The third-order valence-corrected chi connectivity index (χ3v) is 5.69. The summed E-state index contributed by atoms with van der Waals surface area (Å²) >= 11 is 0. The average Bonchev–Trinajstić information content (AvgIpc) is 2.74. The van der Waals surface area contributed by atoms with Gasteiger partial charge in [0.2, 0.25) is 5.81 Å². The number of nitrogens with one attached hydrogen (secondary N) is 2. The number of carbonyl (C=O) groups excluding carboxylic acids is 2. The van der Waals surface area contributed by atoms with Gasteiger partial charge in [-0.05, 0) is 39.0 Å². The second-order valence-electron chi connectivity index (χ2n) is 8.21. The monoisotopic (exact) mass is 376 g/mol. The molecule has 0 aromatic carbocycles. The molecule has 6 heteroatoms. The van der Waals surface area contributed by atoms with E-state index in [4.69, 9.17) is 4.65 Å². The Morgan fingerprint density at radius 3 is 2.59 bits per heavy atom. The van der Waals surface area contributed by atoms with Crippen molar-refractivity contribution in [2.75, 3.05) is 6.54 Å². The molecule has 0 saturated heterocycles. The summed E-state index contributed by atoms with van der Waals surface area (Å²) in [5.41, 5.74) is 0. The number of Topliss-reactive ketones (excluding diaryl/α,β-unsaturated/α-hetero) is 1. The van der Waals surface area contributed by atoms with Gasteiger partial charge in [0, 0.05) is 24.6 Å². The van der Waals surface area contributed by atoms with Crippen LogP contribution in [-0.2, 0) is 9.45 Å². The highest BCUT2D eigenvalue weighted by atomic mass is 16.4. The predicted molar refractivity (Wildman–Crippen MR) is 111 cm³/mol. The molecule has 1 saturated carbocycles. The lowest BCUT2D eigenvalue weighted by Crippen LogP contribution is -2.41. The Morgan fingerprint density at radius 2 is 1.85 bits per heavy atom. The first-order valence-corrected chi connectivity index (χ1v) is 10.9. The van der Waals surface area contributed by atoms with Crippen LogP contribution >= 0.6 is 0 Å². The molecule has 0 aromatic heterocycles. The van der Waals surface area contributed by atoms with E-state index in [9.17, 15) is 9.59 Å². The van der Waals surface area contributed by atoms with E-state index in [-0.39, 0.29) is 43.2 Å². The third kappa shape index (κ3) is 8.61. The molecular formula is C21H37BN2O3. The summed E-state index contributed by atoms with van der Waals surface area (Å²) < 4.78 is 5.81. The summed E-state index contributed by atoms with van der Waals surface area (Å²) in [5, 5.41) is 6.33. The Hall–Kier alpha value is -1.14. The molecule has 1 aliphatic carbocycles. The Labute approximate surface area is 165 Å². The maximum Gasteiger partial charge on any atom is 0.380 e. The summed E-state index contributed by atoms with van der Waals surface area (Å²) in [6.45, 7) is 4.68. The third-order valence-electron chi connectivity index (χ3n) is 5.69. The molecule has 2 aliphatic rings. The smallest absolute Gasteiger partial charge is 0.380 e. The van der Waals surface area contributed by atoms with E-state index in [1.165, 1.54) is 32.1 Å². The first-order chi connectivity index (χ1) is 13.1. The Kier molecular flexibility index (Phi) is 10.1. The Morgan fingerprint density at radius 1 is 1.15 bits per heavy atom. The van der Waals surface area contributed by atoms with Gasteiger partial charge >= 0.3 is 7.48 Å². The van der Waals surface area contributed by atoms with Crippen LogP contribution in [0.4, 0.5) is 4.79 Å². The lowest BCUT2D eigenvalue weighted by molar-refractivity contribution is -0.123. The molecule has 0 spiro atoms. The molecule has 3 atom stereocenters. The highest BCUT2D eigenvalue weighted by Gasteiger charge is 2.25. The molecule has 27 heavy (non-hydrogen) atoms. The second kappa shape index (κ2) is 12.3. The lowest BCUT2D eigenvalue weighted by atomic mass is 9.94. The maximum atomic E-state index is 12.3. The second-order valence-corrected chi connectivity index (χ2v) is 8.21. The van der Waals surface area contributed by atoms with Gasteiger partial charge in [-0.25, -0.2) is 0 Å². The number of amides is 1. The lowest BCUT2D eigenvalue weighted by Gasteiger charge is -2.20. The van der Waals surface area contributed by atoms with Gasteiger partial charge in [0.25, 0.3) is 0 Å². The minimum atomic E-state index is -0.0802. The molecular weight excluding hydrogens is 339 g/mol. The van der Waals surface area contributed by atoms with Crippen LogP contribution in [0.3, 0.4) is 0 Å². The van der Waals surface area contributed by atoms with Gasteiger partial charge in [-0.1, -0.05) is 51.2 Å². The van der Waals surface area contributed by atoms with Crippen molar-refractivity contribution in [2.45, 2.75) is 96.2 Å². The normalized spacial score (nSPS) is 27.5. The number of hydrogen-bond donors (Lipinski definition) is 2. The molecule has 1 amide bonds. The van der Waals surface area contributed by atoms with Crippen LogP contribution in [0.5, 0.6) is 0 Å². The van der Waals surface area contributed by atoms with Crippen molar-refractivity contribution >= 4 is 19.1 Å². The minimum absolute atomic E-state index is 0.0161. The minimum Gasteiger partial charge on any atom is -0.427 e. The molecule has 5 nitrogen and oxygen atoms in total. The summed E-state index contributed by atoms with van der Waals surface area (Å²) in [4.78, 5) is 24.3. The van der Waals surface area contributed by atoms with Gasteiger partial charge in [0.05, 0.1) is 6.04 Å². The van der Waals surface area contributed by atoms with E-state index in [0.717, 1.165) is 32.1 Å². The predicted octanol–water partition coefficient (Wildman–Crippen LogP) is 3.47. The van der Waals surface area contributed by atoms with Crippen molar-refractivity contribution in [2.24, 2.45) is 5.92 Å². The molecule has 0 radical (unpaired) electrons. The van der Waals surface area contributed by atoms with Crippen molar-refractivity contribution in [3.05, 3.63) is 12.2 Å². The highest BCUT2D eigenvalue weighted by molar-refractivity contribution is 6.68. The van der Waals surface area contributed by atoms with E-state index >= 15 is 0 Å². The fraction of sp³-hybridized carbons (Fsp3) is 0.810. The summed E-state index contributed by atoms with van der Waals surface area (Å²) in [7, 11) is 0.175. The van der Waals surface area contributed by atoms with Crippen LogP contribution in [0.15, 0.2) is 12.2 Å². The van der Waals surface area contributed by atoms with Gasteiger partial charge in [0.15, 0.2) is 5.78 Å². The van der Waals surface area contributed by atoms with Crippen LogP contribution in [0.25, 0.3) is 0 Å². The fourth-order valence-electron chi connectivity index (χ4n) is 3.96. The number of unbranched alkanes of at least 4 members (excludes halogenated alkanes) is 1. The van der Waals surface area contributed by atoms with E-state index < -0.39 is 0 Å². The summed E-state index contributed by atoms with van der Waals surface area (Å²) in [6, 6.07) is 0.150. The number of carbonyl (C=O) groups is 2. The summed E-state index contributed by atoms with van der Waals surface area (Å²) in [5.74, 6) is 0.233. The van der Waals surface area contributed by atoms with Crippen LogP contribution in [-0.4, -0.2) is 43.8 Å². The zero-order valence-electron chi connectivity index (χ0n) is 17.2. The van der Waals surface area contributed by atoms with Crippen molar-refractivity contribution in [3.8, 4) is 0 Å². The zero-order chi connectivity index (χ0) is 19.5. The molecule has 1 fully saturated rings. The molecule has 2 rings (SSSR count). The highest BCUT2D eigenvalue weighted by Crippen LogP contribution is 2.19. The Bertz CT molecular complexity index is 490. The molecule has 0 aromatic rings. The summed E-state index contributed by atoms with van der Waals surface area (Å²) in [6.07, 6.45) is 15.5. The number of hydrogen-bond acceptors (Lipinski definition) is 4. The van der Waals surface area contributed by atoms with Crippen molar-refractivity contribution in [3.63, 3.8) is 0 Å². The molecule has 3 unspecified atom stereocenters. The van der Waals surface area contributed by atoms with Gasteiger partial charge in [0.1, 0.15) is 0 Å². The molecule has 0 bridgehead atoms. The van der Waals surface area contributed by atoms with Crippen molar-refractivity contribution < 1.29 is 14.2 Å². The topological polar surface area (TPSA) is 67.4 Å². The largest absolute Gasteiger partial charge is 0.427 e. The number of rotatable bonds is 8. The first-order valence-electron chi connectivity index (χ1n) is 10.9. The van der Waals surface area contributed by atoms with Gasteiger partial charge in [-0.3, -0.25) is 9.59 Å². The van der Waals surface area contributed by atoms with Gasteiger partial charge < -0.3 is 15.3 Å². The molecule has 1 aliphatic heterocycles. The number of ketones is 1. The van der Waals surface area contributed by atoms with Crippen molar-refractivity contribution in [1.29, 1.82) is 0 Å². The molecule has 2 N–H and O–H groups in total. The first kappa shape index (κ1) is 22.2. The van der Waals surface area contributed by atoms with E-state index in [1.54, 1.807) is 0 Å². The zero-order valence-corrected chi connectivity index (χ0v) is 17.2. The number of allylic oxidation sites excluding steroid dienone is 1. The molecule has 152 valence electrons. The van der Waals surface area contributed by atoms with Crippen molar-refractivity contribution in [1.82, 2.24) is 10.6 Å². The fourth-order valence-corrected chi connectivity index (χ4v) is 3.96. The maximum absolute atomic E-state index is 12.3. The van der Waals surface area contributed by atoms with Crippen LogP contribution in [0.2, 0.25) is 0 Å². The van der Waals surface area contributed by atoms with Crippen LogP contribution in [0.1, 0.15) is 78.1 Å². The quantitative estimate of drug-likeness (QED) is 0.387. The standard InChI is InChI=1S/C21H37BN2O3/c1-16-13-14-17(2)24-19(20(16)25)12-8-9-15-23-21(26)22-27-18-10-6-4-3-5-7-11-18/h13-14,16-19,22,24H,3-12,15H2,1-2H3,(H,23,26). The van der Waals surface area contributed by atoms with Crippen LogP contribution < -0.4 is 10.6 Å². The van der Waals surface area contributed by atoms with Gasteiger partial charge in [-0.2, -0.15) is 0 Å².